The number of rotatable bonds is 2. The van der Waals surface area contributed by atoms with Gasteiger partial charge in [-0.1, -0.05) is 0 Å². The fourth-order valence-electron chi connectivity index (χ4n) is 2.27. The number of ether oxygens (including phenoxy) is 1. The smallest absolute Gasteiger partial charge is 0.418 e. The summed E-state index contributed by atoms with van der Waals surface area (Å²) in [5.74, 6) is -13.8. The lowest BCUT2D eigenvalue weighted by Crippen LogP contribution is -2.46. The molecule has 2 fully saturated rings. The van der Waals surface area contributed by atoms with Crippen molar-refractivity contribution in [2.75, 3.05) is 0 Å². The van der Waals surface area contributed by atoms with Crippen LogP contribution in [0.5, 0.6) is 0 Å². The van der Waals surface area contributed by atoms with Crippen LogP contribution in [0.3, 0.4) is 0 Å². The first-order valence-electron chi connectivity index (χ1n) is 7.98. The van der Waals surface area contributed by atoms with E-state index in [4.69, 9.17) is 14.9 Å². The normalized spacial score (nSPS) is 25.0. The molecule has 2 aliphatic rings. The fraction of sp³-hybridized carbons (Fsp3) is 0.667. The van der Waals surface area contributed by atoms with Crippen molar-refractivity contribution in [2.24, 2.45) is 0 Å². The van der Waals surface area contributed by atoms with Crippen LogP contribution in [0.1, 0.15) is 33.6 Å². The largest absolute Gasteiger partial charge is 0.480 e. The first-order valence-corrected chi connectivity index (χ1v) is 7.98. The number of carboxylic acid groups (broad SMARTS) is 2. The van der Waals surface area contributed by atoms with Crippen LogP contribution in [0.2, 0.25) is 0 Å². The maximum absolute atomic E-state index is 13.1. The van der Waals surface area contributed by atoms with Gasteiger partial charge in [0.2, 0.25) is 0 Å². The van der Waals surface area contributed by atoms with Gasteiger partial charge in [-0.05, 0) is 20.8 Å². The number of halogens is 4. The highest BCUT2D eigenvalue weighted by Gasteiger charge is 2.59. The molecule has 0 aromatic rings. The molecule has 2 unspecified atom stereocenters. The van der Waals surface area contributed by atoms with E-state index in [1.165, 1.54) is 20.8 Å². The minimum Gasteiger partial charge on any atom is -0.480 e. The molecule has 29 heavy (non-hydrogen) atoms. The molecular formula is C15H18F4N2O8. The van der Waals surface area contributed by atoms with Crippen LogP contribution >= 0.6 is 0 Å². The zero-order valence-corrected chi connectivity index (χ0v) is 15.4. The second-order valence-corrected chi connectivity index (χ2v) is 7.19. The Morgan fingerprint density at radius 3 is 1.86 bits per heavy atom. The van der Waals surface area contributed by atoms with Crippen molar-refractivity contribution < 1.29 is 56.5 Å². The summed E-state index contributed by atoms with van der Waals surface area (Å²) in [4.78, 5) is 54.0. The summed E-state index contributed by atoms with van der Waals surface area (Å²) in [7, 11) is 0. The van der Waals surface area contributed by atoms with E-state index < -0.39 is 72.2 Å². The van der Waals surface area contributed by atoms with Crippen molar-refractivity contribution in [1.82, 2.24) is 10.2 Å². The van der Waals surface area contributed by atoms with Gasteiger partial charge in [0, 0.05) is 0 Å². The number of imide groups is 1. The standard InChI is InChI=1S/C10H13F2NO5.C5H5F2NO3/c1-9(2,3)18-8(17)13-5(6(14)15)4-10(11,12)7(13)16;6-5(7)1-2(3(9)10)8-4(5)11/h5H,4H2,1-3H3,(H,14,15);2H,1H2,(H,8,11)(H,9,10). The molecule has 14 heteroatoms. The highest BCUT2D eigenvalue weighted by molar-refractivity contribution is 6.02. The van der Waals surface area contributed by atoms with Gasteiger partial charge in [0.25, 0.3) is 5.91 Å². The molecule has 2 heterocycles. The van der Waals surface area contributed by atoms with Gasteiger partial charge in [0.1, 0.15) is 17.7 Å². The summed E-state index contributed by atoms with van der Waals surface area (Å²) in [5.41, 5.74) is -1.02. The van der Waals surface area contributed by atoms with E-state index in [0.29, 0.717) is 0 Å². The molecule has 3 amide bonds. The molecule has 0 aromatic carbocycles. The summed E-state index contributed by atoms with van der Waals surface area (Å²) in [5, 5.41) is 18.6. The summed E-state index contributed by atoms with van der Waals surface area (Å²) in [6, 6.07) is -3.35. The Morgan fingerprint density at radius 2 is 1.55 bits per heavy atom. The number of hydrogen-bond acceptors (Lipinski definition) is 6. The number of hydrogen-bond donors (Lipinski definition) is 3. The SMILES string of the molecule is CC(C)(C)OC(=O)N1C(=O)C(F)(F)CC1C(=O)O.O=C(O)C1CC(F)(F)C(=O)N1. The van der Waals surface area contributed by atoms with E-state index in [-0.39, 0.29) is 4.90 Å². The van der Waals surface area contributed by atoms with Crippen molar-refractivity contribution in [2.45, 2.75) is 63.1 Å². The molecule has 0 aromatic heterocycles. The van der Waals surface area contributed by atoms with E-state index in [1.807, 2.05) is 0 Å². The molecule has 0 bridgehead atoms. The number of nitrogens with zero attached hydrogens (tertiary/aromatic N) is 1. The third kappa shape index (κ3) is 5.77. The maximum atomic E-state index is 13.1. The minimum absolute atomic E-state index is 0.0341. The zero-order chi connectivity index (χ0) is 22.9. The number of carbonyl (C=O) groups excluding carboxylic acids is 3. The Bertz CT molecular complexity index is 734. The van der Waals surface area contributed by atoms with E-state index in [1.54, 1.807) is 5.32 Å². The third-order valence-electron chi connectivity index (χ3n) is 3.56. The monoisotopic (exact) mass is 430 g/mol. The second kappa shape index (κ2) is 7.83. The lowest BCUT2D eigenvalue weighted by molar-refractivity contribution is -0.150. The van der Waals surface area contributed by atoms with Crippen molar-refractivity contribution in [1.29, 1.82) is 0 Å². The van der Waals surface area contributed by atoms with Crippen LogP contribution in [0.4, 0.5) is 22.4 Å². The van der Waals surface area contributed by atoms with Gasteiger partial charge in [-0.2, -0.15) is 17.6 Å². The van der Waals surface area contributed by atoms with Crippen LogP contribution in [0.15, 0.2) is 0 Å². The number of amides is 3. The molecule has 10 nitrogen and oxygen atoms in total. The number of nitrogens with one attached hydrogen (secondary N) is 1. The first-order chi connectivity index (χ1) is 12.9. The number of carbonyl (C=O) groups is 5. The molecule has 2 atom stereocenters. The van der Waals surface area contributed by atoms with E-state index in [0.717, 1.165) is 0 Å². The van der Waals surface area contributed by atoms with E-state index in [9.17, 15) is 41.5 Å². The van der Waals surface area contributed by atoms with Crippen LogP contribution in [0, 0.1) is 0 Å². The van der Waals surface area contributed by atoms with Gasteiger partial charge >= 0.3 is 35.8 Å². The fourth-order valence-corrected chi connectivity index (χ4v) is 2.27. The van der Waals surface area contributed by atoms with E-state index in [2.05, 4.69) is 0 Å². The van der Waals surface area contributed by atoms with Crippen molar-refractivity contribution in [3.8, 4) is 0 Å². The van der Waals surface area contributed by atoms with Crippen LogP contribution in [0.25, 0.3) is 0 Å². The predicted octanol–water partition coefficient (Wildman–Crippen LogP) is 0.837. The molecule has 0 spiro atoms. The Labute approximate surface area is 160 Å². The molecule has 164 valence electrons. The first kappa shape index (κ1) is 24.1. The average molecular weight is 430 g/mol. The highest BCUT2D eigenvalue weighted by atomic mass is 19.3. The van der Waals surface area contributed by atoms with Gasteiger partial charge in [0.15, 0.2) is 0 Å². The highest BCUT2D eigenvalue weighted by Crippen LogP contribution is 2.34. The summed E-state index contributed by atoms with van der Waals surface area (Å²) in [6.07, 6.45) is -3.57. The van der Waals surface area contributed by atoms with Gasteiger partial charge < -0.3 is 20.3 Å². The number of alkyl halides is 4. The number of carboxylic acids is 2. The predicted molar refractivity (Wildman–Crippen MR) is 83.2 cm³/mol. The second-order valence-electron chi connectivity index (χ2n) is 7.19. The summed E-state index contributed by atoms with van der Waals surface area (Å²) >= 11 is 0. The van der Waals surface area contributed by atoms with Crippen molar-refractivity contribution in [3.63, 3.8) is 0 Å². The van der Waals surface area contributed by atoms with Gasteiger partial charge in [-0.3, -0.25) is 9.59 Å². The molecule has 0 saturated carbocycles. The molecule has 3 N–H and O–H groups in total. The minimum atomic E-state index is -3.86. The molecule has 2 saturated heterocycles. The topological polar surface area (TPSA) is 150 Å². The third-order valence-corrected chi connectivity index (χ3v) is 3.56. The van der Waals surface area contributed by atoms with Crippen molar-refractivity contribution in [3.05, 3.63) is 0 Å². The Hall–Kier alpha value is -2.93. The Morgan fingerprint density at radius 1 is 1.03 bits per heavy atom. The Kier molecular flexibility index (Phi) is 6.51. The number of aliphatic carboxylic acids is 2. The molecule has 2 rings (SSSR count). The summed E-state index contributed by atoms with van der Waals surface area (Å²) < 4.78 is 55.5. The van der Waals surface area contributed by atoms with Crippen LogP contribution in [-0.4, -0.2) is 74.5 Å². The molecule has 0 aliphatic carbocycles. The van der Waals surface area contributed by atoms with Gasteiger partial charge in [0.05, 0.1) is 12.8 Å². The maximum Gasteiger partial charge on any atom is 0.418 e. The van der Waals surface area contributed by atoms with Crippen LogP contribution in [-0.2, 0) is 23.9 Å². The lowest BCUT2D eigenvalue weighted by atomic mass is 10.2. The molecule has 0 radical (unpaired) electrons. The molecular weight excluding hydrogens is 412 g/mol. The van der Waals surface area contributed by atoms with E-state index >= 15 is 0 Å². The van der Waals surface area contributed by atoms with Crippen LogP contribution < -0.4 is 5.32 Å². The zero-order valence-electron chi connectivity index (χ0n) is 15.4. The average Bonchev–Trinajstić information content (AvgIpc) is 2.92. The number of likely N-dealkylation sites (tertiary alicyclic amines) is 1. The van der Waals surface area contributed by atoms with Gasteiger partial charge in [-0.25, -0.2) is 19.3 Å². The summed E-state index contributed by atoms with van der Waals surface area (Å²) in [6.45, 7) is 4.41. The lowest BCUT2D eigenvalue weighted by Gasteiger charge is -2.25. The quantitative estimate of drug-likeness (QED) is 0.546. The molecule has 2 aliphatic heterocycles. The Balaban J connectivity index is 0.000000326. The van der Waals surface area contributed by atoms with Crippen molar-refractivity contribution >= 4 is 29.8 Å². The van der Waals surface area contributed by atoms with Gasteiger partial charge in [-0.15, -0.1) is 0 Å².